The van der Waals surface area contributed by atoms with Gasteiger partial charge in [-0.2, -0.15) is 0 Å². The Morgan fingerprint density at radius 1 is 1.30 bits per heavy atom. The summed E-state index contributed by atoms with van der Waals surface area (Å²) in [6.07, 6.45) is 2.28. The predicted octanol–water partition coefficient (Wildman–Crippen LogP) is 1.63. The first-order chi connectivity index (χ1) is 11.3. The molecule has 0 spiro atoms. The van der Waals surface area contributed by atoms with E-state index in [0.29, 0.717) is 12.6 Å². The Morgan fingerprint density at radius 3 is 2.78 bits per heavy atom. The van der Waals surface area contributed by atoms with Gasteiger partial charge in [0.2, 0.25) is 0 Å². The van der Waals surface area contributed by atoms with Crippen LogP contribution in [0.5, 0.6) is 0 Å². The van der Waals surface area contributed by atoms with Gasteiger partial charge in [-0.15, -0.1) is 0 Å². The molecule has 0 fully saturated rings. The van der Waals surface area contributed by atoms with E-state index in [1.165, 1.54) is 11.1 Å². The summed E-state index contributed by atoms with van der Waals surface area (Å²) in [5, 5.41) is 6.71. The molecule has 0 radical (unpaired) electrons. The molecule has 23 heavy (non-hydrogen) atoms. The van der Waals surface area contributed by atoms with Gasteiger partial charge in [-0.05, 0) is 24.0 Å². The molecule has 0 bridgehead atoms. The van der Waals surface area contributed by atoms with Gasteiger partial charge in [-0.1, -0.05) is 31.2 Å². The molecule has 1 aromatic rings. The molecule has 0 saturated carbocycles. The van der Waals surface area contributed by atoms with Gasteiger partial charge in [0.05, 0.1) is 6.61 Å². The van der Waals surface area contributed by atoms with E-state index >= 15 is 0 Å². The van der Waals surface area contributed by atoms with Crippen molar-refractivity contribution in [1.29, 1.82) is 0 Å². The van der Waals surface area contributed by atoms with Gasteiger partial charge in [-0.25, -0.2) is 0 Å². The summed E-state index contributed by atoms with van der Waals surface area (Å²) in [5.74, 6) is 0.845. The van der Waals surface area contributed by atoms with Crippen molar-refractivity contribution in [3.63, 3.8) is 0 Å². The molecule has 0 aliphatic carbocycles. The Labute approximate surface area is 140 Å². The molecule has 5 heteroatoms. The first-order valence-electron chi connectivity index (χ1n) is 8.52. The molecule has 1 aliphatic rings. The minimum atomic E-state index is 0.518. The molecule has 0 saturated heterocycles. The third-order valence-corrected chi connectivity index (χ3v) is 4.48. The van der Waals surface area contributed by atoms with Crippen molar-refractivity contribution in [1.82, 2.24) is 15.5 Å². The van der Waals surface area contributed by atoms with Crippen LogP contribution in [0.25, 0.3) is 0 Å². The lowest BCUT2D eigenvalue weighted by molar-refractivity contribution is 0.174. The van der Waals surface area contributed by atoms with Gasteiger partial charge >= 0.3 is 0 Å². The number of hydrogen-bond acceptors (Lipinski definition) is 3. The molecule has 1 heterocycles. The lowest BCUT2D eigenvalue weighted by Gasteiger charge is -2.35. The topological polar surface area (TPSA) is 48.9 Å². The van der Waals surface area contributed by atoms with Crippen molar-refractivity contribution in [2.24, 2.45) is 4.99 Å². The Bertz CT molecular complexity index is 504. The number of nitrogens with zero attached hydrogens (tertiary/aromatic N) is 2. The van der Waals surface area contributed by atoms with Crippen molar-refractivity contribution >= 4 is 5.96 Å². The maximum Gasteiger partial charge on any atom is 0.191 e. The second-order valence-electron chi connectivity index (χ2n) is 5.92. The molecule has 1 aromatic carbocycles. The van der Waals surface area contributed by atoms with Crippen LogP contribution in [0.15, 0.2) is 29.3 Å². The average Bonchev–Trinajstić information content (AvgIpc) is 2.60. The minimum absolute atomic E-state index is 0.518. The van der Waals surface area contributed by atoms with Gasteiger partial charge in [0.15, 0.2) is 5.96 Å². The van der Waals surface area contributed by atoms with E-state index in [2.05, 4.69) is 51.7 Å². The fourth-order valence-electron chi connectivity index (χ4n) is 3.07. The SMILES string of the molecule is CCC(CNC(=NC)NCCOC)N1CCc2ccccc2C1. The molecule has 2 rings (SSSR count). The summed E-state index contributed by atoms with van der Waals surface area (Å²) in [6.45, 7) is 6.79. The number of hydrogen-bond donors (Lipinski definition) is 2. The van der Waals surface area contributed by atoms with Crippen LogP contribution in [0.2, 0.25) is 0 Å². The van der Waals surface area contributed by atoms with Gasteiger partial charge in [0.25, 0.3) is 0 Å². The van der Waals surface area contributed by atoms with Crippen molar-refractivity contribution in [2.75, 3.05) is 40.4 Å². The number of ether oxygens (including phenoxy) is 1. The number of guanidine groups is 1. The number of rotatable bonds is 7. The summed E-state index contributed by atoms with van der Waals surface area (Å²) in [7, 11) is 3.51. The fourth-order valence-corrected chi connectivity index (χ4v) is 3.07. The number of fused-ring (bicyclic) bond motifs is 1. The minimum Gasteiger partial charge on any atom is -0.383 e. The highest BCUT2D eigenvalue weighted by molar-refractivity contribution is 5.79. The number of methoxy groups -OCH3 is 1. The Kier molecular flexibility index (Phi) is 7.36. The van der Waals surface area contributed by atoms with Crippen LogP contribution in [0.4, 0.5) is 0 Å². The highest BCUT2D eigenvalue weighted by atomic mass is 16.5. The third-order valence-electron chi connectivity index (χ3n) is 4.48. The van der Waals surface area contributed by atoms with Crippen molar-refractivity contribution in [3.05, 3.63) is 35.4 Å². The summed E-state index contributed by atoms with van der Waals surface area (Å²) in [6, 6.07) is 9.32. The Hall–Kier alpha value is -1.59. The molecule has 2 N–H and O–H groups in total. The molecular weight excluding hydrogens is 288 g/mol. The van der Waals surface area contributed by atoms with Crippen LogP contribution in [-0.4, -0.2) is 57.3 Å². The number of nitrogens with one attached hydrogen (secondary N) is 2. The smallest absolute Gasteiger partial charge is 0.191 e. The number of aliphatic imine (C=N–C) groups is 1. The molecule has 128 valence electrons. The van der Waals surface area contributed by atoms with Crippen LogP contribution in [0.1, 0.15) is 24.5 Å². The monoisotopic (exact) mass is 318 g/mol. The summed E-state index contributed by atoms with van der Waals surface area (Å²) in [5.41, 5.74) is 2.98. The van der Waals surface area contributed by atoms with E-state index in [1.807, 2.05) is 0 Å². The zero-order valence-electron chi connectivity index (χ0n) is 14.6. The highest BCUT2D eigenvalue weighted by Crippen LogP contribution is 2.21. The highest BCUT2D eigenvalue weighted by Gasteiger charge is 2.22. The quantitative estimate of drug-likeness (QED) is 0.456. The molecule has 1 unspecified atom stereocenters. The van der Waals surface area contributed by atoms with Crippen LogP contribution in [0, 0.1) is 0 Å². The fraction of sp³-hybridized carbons (Fsp3) is 0.611. The molecule has 1 atom stereocenters. The van der Waals surface area contributed by atoms with Gasteiger partial charge in [0, 0.05) is 46.4 Å². The zero-order valence-corrected chi connectivity index (χ0v) is 14.6. The average molecular weight is 318 g/mol. The maximum absolute atomic E-state index is 5.06. The molecule has 0 amide bonds. The normalized spacial score (nSPS) is 16.7. The lowest BCUT2D eigenvalue weighted by atomic mass is 9.98. The zero-order chi connectivity index (χ0) is 16.5. The summed E-state index contributed by atoms with van der Waals surface area (Å²) in [4.78, 5) is 6.85. The first kappa shape index (κ1) is 17.8. The van der Waals surface area contributed by atoms with Gasteiger partial charge in [-0.3, -0.25) is 9.89 Å². The second kappa shape index (κ2) is 9.53. The summed E-state index contributed by atoms with van der Waals surface area (Å²) >= 11 is 0. The van der Waals surface area contributed by atoms with E-state index < -0.39 is 0 Å². The van der Waals surface area contributed by atoms with E-state index in [-0.39, 0.29) is 0 Å². The molecule has 0 aromatic heterocycles. The Morgan fingerprint density at radius 2 is 2.09 bits per heavy atom. The second-order valence-corrected chi connectivity index (χ2v) is 5.92. The maximum atomic E-state index is 5.06. The van der Waals surface area contributed by atoms with Crippen LogP contribution in [0.3, 0.4) is 0 Å². The van der Waals surface area contributed by atoms with Gasteiger partial charge in [0.1, 0.15) is 0 Å². The standard InChI is InChI=1S/C18H30N4O/c1-4-17(13-21-18(19-2)20-10-12-23-3)22-11-9-15-7-5-6-8-16(15)14-22/h5-8,17H,4,9-14H2,1-3H3,(H2,19,20,21). The van der Waals surface area contributed by atoms with E-state index in [4.69, 9.17) is 4.74 Å². The van der Waals surface area contributed by atoms with Gasteiger partial charge < -0.3 is 15.4 Å². The van der Waals surface area contributed by atoms with E-state index in [1.54, 1.807) is 14.2 Å². The van der Waals surface area contributed by atoms with Crippen LogP contribution < -0.4 is 10.6 Å². The lowest BCUT2D eigenvalue weighted by Crippen LogP contribution is -2.48. The summed E-state index contributed by atoms with van der Waals surface area (Å²) < 4.78 is 5.06. The first-order valence-corrected chi connectivity index (χ1v) is 8.52. The third kappa shape index (κ3) is 5.22. The van der Waals surface area contributed by atoms with Crippen molar-refractivity contribution in [2.45, 2.75) is 32.4 Å². The van der Waals surface area contributed by atoms with E-state index in [9.17, 15) is 0 Å². The van der Waals surface area contributed by atoms with Crippen LogP contribution >= 0.6 is 0 Å². The number of benzene rings is 1. The predicted molar refractivity (Wildman–Crippen MR) is 95.9 cm³/mol. The Balaban J connectivity index is 1.86. The molecular formula is C18H30N4O. The van der Waals surface area contributed by atoms with Crippen molar-refractivity contribution < 1.29 is 4.74 Å². The van der Waals surface area contributed by atoms with E-state index in [0.717, 1.165) is 45.0 Å². The largest absolute Gasteiger partial charge is 0.383 e. The van der Waals surface area contributed by atoms with Crippen LogP contribution in [-0.2, 0) is 17.7 Å². The molecule has 5 nitrogen and oxygen atoms in total. The van der Waals surface area contributed by atoms with Crippen molar-refractivity contribution in [3.8, 4) is 0 Å². The molecule has 1 aliphatic heterocycles.